The Labute approximate surface area is 119 Å². The number of aliphatic hydroxyl groups is 1. The Balaban J connectivity index is 2.36. The van der Waals surface area contributed by atoms with Gasteiger partial charge in [0.2, 0.25) is 0 Å². The van der Waals surface area contributed by atoms with Crippen molar-refractivity contribution in [1.82, 2.24) is 5.32 Å². The summed E-state index contributed by atoms with van der Waals surface area (Å²) in [5.41, 5.74) is 1.03. The van der Waals surface area contributed by atoms with Crippen molar-refractivity contribution in [2.45, 2.75) is 32.4 Å². The summed E-state index contributed by atoms with van der Waals surface area (Å²) in [4.78, 5) is 11.6. The topological polar surface area (TPSA) is 67.8 Å². The summed E-state index contributed by atoms with van der Waals surface area (Å²) < 4.78 is 10.3. The van der Waals surface area contributed by atoms with E-state index in [0.29, 0.717) is 18.8 Å². The quantitative estimate of drug-likeness (QED) is 0.750. The SMILES string of the molecule is COCC(C)NC(=O)COc1ccc(CC(C)O)cc1. The van der Waals surface area contributed by atoms with Gasteiger partial charge in [-0.1, -0.05) is 12.1 Å². The van der Waals surface area contributed by atoms with E-state index in [1.165, 1.54) is 0 Å². The molecule has 0 aliphatic carbocycles. The summed E-state index contributed by atoms with van der Waals surface area (Å²) in [6, 6.07) is 7.32. The van der Waals surface area contributed by atoms with Gasteiger partial charge in [-0.15, -0.1) is 0 Å². The van der Waals surface area contributed by atoms with Crippen molar-refractivity contribution in [1.29, 1.82) is 0 Å². The van der Waals surface area contributed by atoms with E-state index in [9.17, 15) is 9.90 Å². The van der Waals surface area contributed by atoms with Crippen molar-refractivity contribution < 1.29 is 19.4 Å². The van der Waals surface area contributed by atoms with E-state index in [2.05, 4.69) is 5.32 Å². The summed E-state index contributed by atoms with van der Waals surface area (Å²) >= 11 is 0. The van der Waals surface area contributed by atoms with Crippen LogP contribution in [0.5, 0.6) is 5.75 Å². The van der Waals surface area contributed by atoms with Crippen LogP contribution in [0.15, 0.2) is 24.3 Å². The standard InChI is InChI=1S/C15H23NO4/c1-11(9-19-3)16-15(18)10-20-14-6-4-13(5-7-14)8-12(2)17/h4-7,11-12,17H,8-10H2,1-3H3,(H,16,18). The zero-order chi connectivity index (χ0) is 15.0. The van der Waals surface area contributed by atoms with E-state index < -0.39 is 0 Å². The number of rotatable bonds is 8. The fourth-order valence-corrected chi connectivity index (χ4v) is 1.82. The van der Waals surface area contributed by atoms with Gasteiger partial charge in [-0.05, 0) is 38.0 Å². The fourth-order valence-electron chi connectivity index (χ4n) is 1.82. The Bertz CT molecular complexity index is 403. The van der Waals surface area contributed by atoms with Gasteiger partial charge in [-0.25, -0.2) is 0 Å². The highest BCUT2D eigenvalue weighted by Gasteiger charge is 2.07. The molecule has 0 aliphatic rings. The summed E-state index contributed by atoms with van der Waals surface area (Å²) in [6.07, 6.45) is 0.241. The second kappa shape index (κ2) is 8.55. The molecule has 0 bridgehead atoms. The average Bonchev–Trinajstić information content (AvgIpc) is 2.37. The molecule has 0 saturated carbocycles. The Morgan fingerprint density at radius 1 is 1.30 bits per heavy atom. The minimum atomic E-state index is -0.366. The van der Waals surface area contributed by atoms with Crippen LogP contribution in [0.3, 0.4) is 0 Å². The fraction of sp³-hybridized carbons (Fsp3) is 0.533. The largest absolute Gasteiger partial charge is 0.484 e. The van der Waals surface area contributed by atoms with E-state index in [-0.39, 0.29) is 24.7 Å². The van der Waals surface area contributed by atoms with E-state index in [4.69, 9.17) is 9.47 Å². The highest BCUT2D eigenvalue weighted by molar-refractivity contribution is 5.77. The molecular weight excluding hydrogens is 258 g/mol. The van der Waals surface area contributed by atoms with Crippen LogP contribution < -0.4 is 10.1 Å². The first-order valence-electron chi connectivity index (χ1n) is 6.69. The van der Waals surface area contributed by atoms with Crippen LogP contribution in [0.2, 0.25) is 0 Å². The third-order valence-electron chi connectivity index (χ3n) is 2.65. The van der Waals surface area contributed by atoms with E-state index in [1.807, 2.05) is 19.1 Å². The first kappa shape index (κ1) is 16.5. The number of hydrogen-bond donors (Lipinski definition) is 2. The van der Waals surface area contributed by atoms with Gasteiger partial charge in [0.15, 0.2) is 6.61 Å². The van der Waals surface area contributed by atoms with Crippen LogP contribution >= 0.6 is 0 Å². The van der Waals surface area contributed by atoms with Crippen molar-refractivity contribution in [2.75, 3.05) is 20.3 Å². The molecule has 0 fully saturated rings. The number of nitrogens with one attached hydrogen (secondary N) is 1. The summed E-state index contributed by atoms with van der Waals surface area (Å²) in [6.45, 7) is 4.06. The molecule has 112 valence electrons. The molecule has 0 heterocycles. The van der Waals surface area contributed by atoms with Gasteiger partial charge in [-0.2, -0.15) is 0 Å². The number of ether oxygens (including phenoxy) is 2. The maximum atomic E-state index is 11.6. The molecule has 0 spiro atoms. The summed E-state index contributed by atoms with van der Waals surface area (Å²) in [7, 11) is 1.59. The van der Waals surface area contributed by atoms with Gasteiger partial charge in [0.1, 0.15) is 5.75 Å². The zero-order valence-corrected chi connectivity index (χ0v) is 12.3. The first-order chi connectivity index (χ1) is 9.51. The van der Waals surface area contributed by atoms with Crippen molar-refractivity contribution in [3.8, 4) is 5.75 Å². The highest BCUT2D eigenvalue weighted by atomic mass is 16.5. The summed E-state index contributed by atoms with van der Waals surface area (Å²) in [5.74, 6) is 0.455. The van der Waals surface area contributed by atoms with Gasteiger partial charge in [0.25, 0.3) is 5.91 Å². The lowest BCUT2D eigenvalue weighted by atomic mass is 10.1. The number of amides is 1. The minimum Gasteiger partial charge on any atom is -0.484 e. The Morgan fingerprint density at radius 3 is 2.50 bits per heavy atom. The number of hydrogen-bond acceptors (Lipinski definition) is 4. The molecule has 5 heteroatoms. The predicted molar refractivity (Wildman–Crippen MR) is 76.8 cm³/mol. The maximum Gasteiger partial charge on any atom is 0.258 e. The van der Waals surface area contributed by atoms with Crippen LogP contribution in [0.1, 0.15) is 19.4 Å². The molecule has 0 aliphatic heterocycles. The van der Waals surface area contributed by atoms with E-state index in [0.717, 1.165) is 5.56 Å². The summed E-state index contributed by atoms with van der Waals surface area (Å²) in [5, 5.41) is 12.1. The number of aliphatic hydroxyl groups excluding tert-OH is 1. The smallest absolute Gasteiger partial charge is 0.258 e. The van der Waals surface area contributed by atoms with Crippen LogP contribution in [-0.4, -0.2) is 43.5 Å². The molecule has 1 amide bonds. The van der Waals surface area contributed by atoms with Gasteiger partial charge >= 0.3 is 0 Å². The van der Waals surface area contributed by atoms with Crippen LogP contribution in [0.4, 0.5) is 0 Å². The van der Waals surface area contributed by atoms with Crippen molar-refractivity contribution >= 4 is 5.91 Å². The van der Waals surface area contributed by atoms with Crippen LogP contribution in [-0.2, 0) is 16.0 Å². The normalized spacial score (nSPS) is 13.6. The van der Waals surface area contributed by atoms with Crippen molar-refractivity contribution in [3.63, 3.8) is 0 Å². The molecular formula is C15H23NO4. The second-order valence-corrected chi connectivity index (χ2v) is 4.91. The van der Waals surface area contributed by atoms with Crippen molar-refractivity contribution in [3.05, 3.63) is 29.8 Å². The van der Waals surface area contributed by atoms with Crippen LogP contribution in [0.25, 0.3) is 0 Å². The molecule has 1 aromatic rings. The van der Waals surface area contributed by atoms with Crippen molar-refractivity contribution in [2.24, 2.45) is 0 Å². The third kappa shape index (κ3) is 6.54. The molecule has 2 N–H and O–H groups in total. The lowest BCUT2D eigenvalue weighted by Gasteiger charge is -2.13. The Hall–Kier alpha value is -1.59. The minimum absolute atomic E-state index is 0.0240. The predicted octanol–water partition coefficient (Wildman–Crippen LogP) is 1.14. The Morgan fingerprint density at radius 2 is 1.95 bits per heavy atom. The molecule has 2 unspecified atom stereocenters. The molecule has 1 aromatic carbocycles. The number of benzene rings is 1. The lowest BCUT2D eigenvalue weighted by molar-refractivity contribution is -0.124. The highest BCUT2D eigenvalue weighted by Crippen LogP contribution is 2.13. The monoisotopic (exact) mass is 281 g/mol. The van der Waals surface area contributed by atoms with E-state index in [1.54, 1.807) is 26.2 Å². The molecule has 0 radical (unpaired) electrons. The van der Waals surface area contributed by atoms with Gasteiger partial charge in [0, 0.05) is 13.2 Å². The van der Waals surface area contributed by atoms with E-state index >= 15 is 0 Å². The lowest BCUT2D eigenvalue weighted by Crippen LogP contribution is -2.38. The number of methoxy groups -OCH3 is 1. The third-order valence-corrected chi connectivity index (χ3v) is 2.65. The molecule has 1 rings (SSSR count). The second-order valence-electron chi connectivity index (χ2n) is 4.91. The molecule has 20 heavy (non-hydrogen) atoms. The number of carbonyl (C=O) groups excluding carboxylic acids is 1. The molecule has 5 nitrogen and oxygen atoms in total. The molecule has 0 aromatic heterocycles. The molecule has 0 saturated heterocycles. The van der Waals surface area contributed by atoms with Gasteiger partial charge in [0.05, 0.1) is 12.7 Å². The number of carbonyl (C=O) groups is 1. The molecule has 2 atom stereocenters. The van der Waals surface area contributed by atoms with Crippen LogP contribution in [0, 0.1) is 0 Å². The zero-order valence-electron chi connectivity index (χ0n) is 12.3. The Kier molecular flexibility index (Phi) is 7.04. The average molecular weight is 281 g/mol. The van der Waals surface area contributed by atoms with Gasteiger partial charge in [-0.3, -0.25) is 4.79 Å². The first-order valence-corrected chi connectivity index (χ1v) is 6.69. The maximum absolute atomic E-state index is 11.6. The van der Waals surface area contributed by atoms with Gasteiger partial charge < -0.3 is 19.9 Å².